The smallest absolute Gasteiger partial charge is 0.239 e. The monoisotopic (exact) mass is 420 g/mol. The molecule has 0 spiro atoms. The number of pyridine rings is 1. The third-order valence-corrected chi connectivity index (χ3v) is 6.26. The van der Waals surface area contributed by atoms with Gasteiger partial charge in [0.2, 0.25) is 10.0 Å². The van der Waals surface area contributed by atoms with Gasteiger partial charge < -0.3 is 4.57 Å². The van der Waals surface area contributed by atoms with Gasteiger partial charge in [0.15, 0.2) is 5.65 Å². The number of benzene rings is 2. The number of imidazole rings is 1. The van der Waals surface area contributed by atoms with Gasteiger partial charge in [-0.3, -0.25) is 0 Å². The molecule has 4 rings (SSSR count). The Hall–Kier alpha value is -3.03. The van der Waals surface area contributed by atoms with Crippen molar-refractivity contribution in [3.63, 3.8) is 0 Å². The Labute approximate surface area is 176 Å². The van der Waals surface area contributed by atoms with Crippen molar-refractivity contribution < 1.29 is 8.42 Å². The lowest BCUT2D eigenvalue weighted by Gasteiger charge is -2.15. The van der Waals surface area contributed by atoms with Crippen LogP contribution in [-0.4, -0.2) is 23.0 Å². The molecular formula is C23H24N4O2S. The van der Waals surface area contributed by atoms with Crippen LogP contribution in [0.2, 0.25) is 0 Å². The van der Waals surface area contributed by atoms with Crippen molar-refractivity contribution in [2.45, 2.75) is 38.6 Å². The molecule has 2 aromatic heterocycles. The second kappa shape index (κ2) is 7.66. The maximum atomic E-state index is 12.6. The molecule has 0 bridgehead atoms. The van der Waals surface area contributed by atoms with Crippen LogP contribution in [0, 0.1) is 13.8 Å². The number of primary sulfonamides is 1. The molecule has 2 N–H and O–H groups in total. The third kappa shape index (κ3) is 3.62. The first kappa shape index (κ1) is 20.3. The molecule has 0 saturated heterocycles. The predicted molar refractivity (Wildman–Crippen MR) is 119 cm³/mol. The Balaban J connectivity index is 1.95. The van der Waals surface area contributed by atoms with Crippen molar-refractivity contribution in [3.8, 4) is 11.1 Å². The predicted octanol–water partition coefficient (Wildman–Crippen LogP) is 3.97. The van der Waals surface area contributed by atoms with E-state index >= 15 is 0 Å². The summed E-state index contributed by atoms with van der Waals surface area (Å²) >= 11 is 0. The molecule has 0 atom stereocenters. The molecule has 0 aliphatic heterocycles. The van der Waals surface area contributed by atoms with Crippen LogP contribution in [0.4, 0.5) is 0 Å². The summed E-state index contributed by atoms with van der Waals surface area (Å²) in [4.78, 5) is 9.60. The molecule has 0 radical (unpaired) electrons. The number of nitrogens with zero attached hydrogens (tertiary/aromatic N) is 3. The van der Waals surface area contributed by atoms with E-state index in [9.17, 15) is 8.42 Å². The molecule has 30 heavy (non-hydrogen) atoms. The Morgan fingerprint density at radius 2 is 1.73 bits per heavy atom. The fourth-order valence-electron chi connectivity index (χ4n) is 3.95. The van der Waals surface area contributed by atoms with Crippen molar-refractivity contribution >= 4 is 21.2 Å². The van der Waals surface area contributed by atoms with E-state index in [0.29, 0.717) is 24.1 Å². The van der Waals surface area contributed by atoms with Gasteiger partial charge in [-0.2, -0.15) is 0 Å². The second-order valence-corrected chi connectivity index (χ2v) is 8.92. The molecule has 0 aliphatic rings. The zero-order chi connectivity index (χ0) is 21.5. The van der Waals surface area contributed by atoms with Gasteiger partial charge >= 0.3 is 0 Å². The van der Waals surface area contributed by atoms with Gasteiger partial charge in [-0.1, -0.05) is 55.5 Å². The van der Waals surface area contributed by atoms with Crippen molar-refractivity contribution in [2.75, 3.05) is 0 Å². The van der Waals surface area contributed by atoms with Crippen LogP contribution in [0.25, 0.3) is 22.3 Å². The molecule has 154 valence electrons. The van der Waals surface area contributed by atoms with Crippen molar-refractivity contribution in [2.24, 2.45) is 5.14 Å². The molecule has 2 aromatic carbocycles. The number of hydrogen-bond acceptors (Lipinski definition) is 4. The number of hydrogen-bond donors (Lipinski definition) is 1. The minimum Gasteiger partial charge on any atom is -0.308 e. The van der Waals surface area contributed by atoms with Crippen molar-refractivity contribution in [1.82, 2.24) is 14.5 Å². The van der Waals surface area contributed by atoms with Crippen LogP contribution < -0.4 is 5.14 Å². The van der Waals surface area contributed by atoms with Crippen LogP contribution in [0.5, 0.6) is 0 Å². The standard InChI is InChI=1S/C23H24N4O2S/c1-4-20-26-21-15(2)13-16(3)25-23(21)27(20)14-18-11-8-12-19(22(18)30(24,28)29)17-9-6-5-7-10-17/h5-13H,4,14H2,1-3H3,(H2,24,28,29). The molecule has 7 heteroatoms. The summed E-state index contributed by atoms with van der Waals surface area (Å²) in [5.74, 6) is 0.858. The van der Waals surface area contributed by atoms with Crippen LogP contribution >= 0.6 is 0 Å². The van der Waals surface area contributed by atoms with E-state index in [-0.39, 0.29) is 4.90 Å². The zero-order valence-corrected chi connectivity index (χ0v) is 18.1. The molecular weight excluding hydrogens is 396 g/mol. The normalized spacial score (nSPS) is 11.9. The number of nitrogens with two attached hydrogens (primary N) is 1. The minimum absolute atomic E-state index is 0.143. The summed E-state index contributed by atoms with van der Waals surface area (Å²) in [5.41, 5.74) is 5.57. The SMILES string of the molecule is CCc1nc2c(C)cc(C)nc2n1Cc1cccc(-c2ccccc2)c1S(N)(=O)=O. The summed E-state index contributed by atoms with van der Waals surface area (Å²) < 4.78 is 27.3. The average molecular weight is 421 g/mol. The lowest BCUT2D eigenvalue weighted by atomic mass is 10.0. The fourth-order valence-corrected chi connectivity index (χ4v) is 4.94. The first-order valence-corrected chi connectivity index (χ1v) is 11.4. The van der Waals surface area contributed by atoms with E-state index in [1.54, 1.807) is 12.1 Å². The van der Waals surface area contributed by atoms with E-state index in [1.807, 2.05) is 67.8 Å². The largest absolute Gasteiger partial charge is 0.308 e. The first-order chi connectivity index (χ1) is 14.3. The number of aryl methyl sites for hydroxylation is 3. The highest BCUT2D eigenvalue weighted by Crippen LogP contribution is 2.31. The van der Waals surface area contributed by atoms with Gasteiger partial charge in [0.1, 0.15) is 11.3 Å². The summed E-state index contributed by atoms with van der Waals surface area (Å²) in [7, 11) is -3.96. The maximum Gasteiger partial charge on any atom is 0.239 e. The average Bonchev–Trinajstić information content (AvgIpc) is 3.05. The molecule has 0 aliphatic carbocycles. The molecule has 0 unspecified atom stereocenters. The van der Waals surface area contributed by atoms with Crippen molar-refractivity contribution in [1.29, 1.82) is 0 Å². The summed E-state index contributed by atoms with van der Waals surface area (Å²) in [6.45, 7) is 6.31. The van der Waals surface area contributed by atoms with Crippen LogP contribution in [-0.2, 0) is 23.0 Å². The quantitative estimate of drug-likeness (QED) is 0.529. The summed E-state index contributed by atoms with van der Waals surface area (Å²) in [6.07, 6.45) is 0.706. The van der Waals surface area contributed by atoms with E-state index in [0.717, 1.165) is 33.8 Å². The van der Waals surface area contributed by atoms with E-state index in [2.05, 4.69) is 0 Å². The Bertz CT molecular complexity index is 1340. The highest BCUT2D eigenvalue weighted by Gasteiger charge is 2.22. The van der Waals surface area contributed by atoms with Crippen LogP contribution in [0.1, 0.15) is 29.6 Å². The molecule has 0 saturated carbocycles. The Morgan fingerprint density at radius 1 is 1.00 bits per heavy atom. The zero-order valence-electron chi connectivity index (χ0n) is 17.3. The highest BCUT2D eigenvalue weighted by molar-refractivity contribution is 7.89. The number of fused-ring (bicyclic) bond motifs is 1. The molecule has 6 nitrogen and oxygen atoms in total. The first-order valence-electron chi connectivity index (χ1n) is 9.83. The molecule has 0 fully saturated rings. The molecule has 0 amide bonds. The topological polar surface area (TPSA) is 90.9 Å². The summed E-state index contributed by atoms with van der Waals surface area (Å²) in [5, 5.41) is 5.69. The van der Waals surface area contributed by atoms with Gasteiger partial charge in [0, 0.05) is 17.7 Å². The molecule has 4 aromatic rings. The maximum absolute atomic E-state index is 12.6. The van der Waals surface area contributed by atoms with Gasteiger partial charge in [0.25, 0.3) is 0 Å². The minimum atomic E-state index is -3.96. The van der Waals surface area contributed by atoms with Gasteiger partial charge in [-0.15, -0.1) is 0 Å². The summed E-state index contributed by atoms with van der Waals surface area (Å²) in [6, 6.07) is 16.9. The Kier molecular flexibility index (Phi) is 5.17. The van der Waals surface area contributed by atoms with Crippen LogP contribution in [0.3, 0.4) is 0 Å². The number of rotatable bonds is 5. The second-order valence-electron chi connectivity index (χ2n) is 7.43. The van der Waals surface area contributed by atoms with Crippen molar-refractivity contribution in [3.05, 3.63) is 77.2 Å². The van der Waals surface area contributed by atoms with Crippen LogP contribution in [0.15, 0.2) is 59.5 Å². The van der Waals surface area contributed by atoms with E-state index < -0.39 is 10.0 Å². The van der Waals surface area contributed by atoms with E-state index in [4.69, 9.17) is 15.1 Å². The Morgan fingerprint density at radius 3 is 2.40 bits per heavy atom. The lowest BCUT2D eigenvalue weighted by Crippen LogP contribution is -2.18. The van der Waals surface area contributed by atoms with Gasteiger partial charge in [-0.05, 0) is 36.6 Å². The van der Waals surface area contributed by atoms with E-state index in [1.165, 1.54) is 0 Å². The molecule has 2 heterocycles. The highest BCUT2D eigenvalue weighted by atomic mass is 32.2. The van der Waals surface area contributed by atoms with Gasteiger partial charge in [-0.25, -0.2) is 23.5 Å². The fraction of sp³-hybridized carbons (Fsp3) is 0.217. The number of sulfonamides is 1. The van der Waals surface area contributed by atoms with Gasteiger partial charge in [0.05, 0.1) is 11.4 Å². The lowest BCUT2D eigenvalue weighted by molar-refractivity contribution is 0.596. The number of aromatic nitrogens is 3. The third-order valence-electron chi connectivity index (χ3n) is 5.21.